The third-order valence-corrected chi connectivity index (χ3v) is 7.86. The summed E-state index contributed by atoms with van der Waals surface area (Å²) in [5, 5.41) is 0.567. The molecular formula is C32H29ClO7. The van der Waals surface area contributed by atoms with Crippen LogP contribution in [0.1, 0.15) is 23.2 Å². The van der Waals surface area contributed by atoms with Crippen molar-refractivity contribution in [3.8, 4) is 16.9 Å². The lowest BCUT2D eigenvalue weighted by atomic mass is 9.91. The van der Waals surface area contributed by atoms with E-state index >= 15 is 0 Å². The molecule has 2 heterocycles. The van der Waals surface area contributed by atoms with Crippen molar-refractivity contribution in [2.45, 2.75) is 30.8 Å². The van der Waals surface area contributed by atoms with Gasteiger partial charge in [0.25, 0.3) is 0 Å². The summed E-state index contributed by atoms with van der Waals surface area (Å²) in [5.41, 5.74) is 2.55. The zero-order chi connectivity index (χ0) is 27.5. The Hall–Kier alpha value is -3.65. The van der Waals surface area contributed by atoms with Crippen molar-refractivity contribution in [1.82, 2.24) is 0 Å². The maximum Gasteiger partial charge on any atom is 0.338 e. The lowest BCUT2D eigenvalue weighted by Crippen LogP contribution is -2.36. The Morgan fingerprint density at radius 1 is 0.975 bits per heavy atom. The second-order valence-electron chi connectivity index (χ2n) is 10.2. The second kappa shape index (κ2) is 11.5. The van der Waals surface area contributed by atoms with Crippen LogP contribution in [0.3, 0.4) is 0 Å². The van der Waals surface area contributed by atoms with Gasteiger partial charge in [-0.3, -0.25) is 4.79 Å². The quantitative estimate of drug-likeness (QED) is 0.252. The predicted octanol–water partition coefficient (Wildman–Crippen LogP) is 5.86. The number of hydrogen-bond donors (Lipinski definition) is 0. The minimum Gasteiger partial charge on any atom is -0.488 e. The molecule has 3 fully saturated rings. The largest absolute Gasteiger partial charge is 0.488 e. The van der Waals surface area contributed by atoms with Crippen LogP contribution >= 0.6 is 11.6 Å². The van der Waals surface area contributed by atoms with Crippen LogP contribution in [0.2, 0.25) is 5.02 Å². The van der Waals surface area contributed by atoms with Crippen molar-refractivity contribution in [2.75, 3.05) is 19.8 Å². The lowest BCUT2D eigenvalue weighted by molar-refractivity contribution is -0.141. The minimum atomic E-state index is -1.11. The molecule has 3 aromatic carbocycles. The zero-order valence-electron chi connectivity index (χ0n) is 21.7. The first-order valence-corrected chi connectivity index (χ1v) is 13.8. The molecule has 4 unspecified atom stereocenters. The number of ether oxygens (including phenoxy) is 5. The van der Waals surface area contributed by atoms with Crippen molar-refractivity contribution < 1.29 is 33.3 Å². The maximum atomic E-state index is 13.2. The highest BCUT2D eigenvalue weighted by molar-refractivity contribution is 6.30. The molecule has 1 aliphatic carbocycles. The second-order valence-corrected chi connectivity index (χ2v) is 10.6. The number of benzene rings is 3. The van der Waals surface area contributed by atoms with E-state index in [4.69, 9.17) is 35.3 Å². The molecule has 1 saturated carbocycles. The van der Waals surface area contributed by atoms with Crippen molar-refractivity contribution >= 4 is 23.5 Å². The molecule has 0 spiro atoms. The standard InChI is InChI=1S/C32H29ClO7/c33-24-7-4-8-25(17-24)36-20-32(37-15-16-38-32)14-13-26-27-18-30(34)39-29(27)19-28(26)40-31(35)23-11-9-22(10-12-23)21-5-2-1-3-6-21/h1-14,17,26-29H,15-16,18-20H2. The summed E-state index contributed by atoms with van der Waals surface area (Å²) in [6, 6.07) is 24.4. The normalized spacial score (nSPS) is 25.1. The first kappa shape index (κ1) is 26.6. The Bertz CT molecular complexity index is 1380. The Kier molecular flexibility index (Phi) is 7.61. The van der Waals surface area contributed by atoms with Gasteiger partial charge >= 0.3 is 11.9 Å². The van der Waals surface area contributed by atoms with Crippen LogP contribution in [0.4, 0.5) is 0 Å². The van der Waals surface area contributed by atoms with Gasteiger partial charge in [0.15, 0.2) is 0 Å². The summed E-state index contributed by atoms with van der Waals surface area (Å²) >= 11 is 6.09. The van der Waals surface area contributed by atoms with E-state index in [1.807, 2.05) is 60.7 Å². The summed E-state index contributed by atoms with van der Waals surface area (Å²) in [7, 11) is 0. The maximum absolute atomic E-state index is 13.2. The van der Waals surface area contributed by atoms with E-state index in [-0.39, 0.29) is 36.9 Å². The summed E-state index contributed by atoms with van der Waals surface area (Å²) in [4.78, 5) is 25.2. The number of fused-ring (bicyclic) bond motifs is 1. The van der Waals surface area contributed by atoms with Crippen LogP contribution in [0, 0.1) is 11.8 Å². The van der Waals surface area contributed by atoms with Gasteiger partial charge in [0.1, 0.15) is 24.6 Å². The van der Waals surface area contributed by atoms with E-state index in [2.05, 4.69) is 0 Å². The molecule has 4 atom stereocenters. The Labute approximate surface area is 237 Å². The average Bonchev–Trinajstić information content (AvgIpc) is 3.66. The van der Waals surface area contributed by atoms with E-state index < -0.39 is 17.9 Å². The SMILES string of the molecule is O=C1CC2C(CC(OC(=O)c3ccc(-c4ccccc4)cc3)C2C=CC2(COc3cccc(Cl)c3)OCCO2)O1. The highest BCUT2D eigenvalue weighted by Gasteiger charge is 2.51. The lowest BCUT2D eigenvalue weighted by Gasteiger charge is -2.26. The number of halogens is 1. The molecule has 0 radical (unpaired) electrons. The van der Waals surface area contributed by atoms with Gasteiger partial charge < -0.3 is 23.7 Å². The Morgan fingerprint density at radius 2 is 1.73 bits per heavy atom. The van der Waals surface area contributed by atoms with Gasteiger partial charge in [0.05, 0.1) is 25.2 Å². The molecular weight excluding hydrogens is 532 g/mol. The average molecular weight is 561 g/mol. The van der Waals surface area contributed by atoms with Crippen molar-refractivity contribution in [3.63, 3.8) is 0 Å². The number of carbonyl (C=O) groups is 2. The number of hydrogen-bond acceptors (Lipinski definition) is 7. The summed E-state index contributed by atoms with van der Waals surface area (Å²) in [6.45, 7) is 0.941. The molecule has 3 aromatic rings. The number of esters is 2. The van der Waals surface area contributed by atoms with Gasteiger partial charge in [-0.15, -0.1) is 0 Å². The molecule has 0 N–H and O–H groups in total. The fraction of sp³-hybridized carbons (Fsp3) is 0.312. The van der Waals surface area contributed by atoms with E-state index in [1.165, 1.54) is 0 Å². The molecule has 0 amide bonds. The van der Waals surface area contributed by atoms with E-state index in [9.17, 15) is 9.59 Å². The summed E-state index contributed by atoms with van der Waals surface area (Å²) in [5.74, 6) is -1.51. The van der Waals surface area contributed by atoms with Crippen LogP contribution in [-0.4, -0.2) is 49.8 Å². The molecule has 40 heavy (non-hydrogen) atoms. The molecule has 8 heteroatoms. The zero-order valence-corrected chi connectivity index (χ0v) is 22.5. The van der Waals surface area contributed by atoms with Gasteiger partial charge in [-0.25, -0.2) is 4.79 Å². The topological polar surface area (TPSA) is 80.3 Å². The number of carbonyl (C=O) groups excluding carboxylic acids is 2. The van der Waals surface area contributed by atoms with E-state index in [0.29, 0.717) is 36.0 Å². The van der Waals surface area contributed by atoms with E-state index in [0.717, 1.165) is 11.1 Å². The van der Waals surface area contributed by atoms with Crippen LogP contribution in [0.25, 0.3) is 11.1 Å². The minimum absolute atomic E-state index is 0.102. The molecule has 2 saturated heterocycles. The van der Waals surface area contributed by atoms with E-state index in [1.54, 1.807) is 30.3 Å². The van der Waals surface area contributed by atoms with Gasteiger partial charge in [0.2, 0.25) is 5.79 Å². The third kappa shape index (κ3) is 5.77. The monoisotopic (exact) mass is 560 g/mol. The molecule has 206 valence electrons. The van der Waals surface area contributed by atoms with Crippen LogP contribution in [0.5, 0.6) is 5.75 Å². The third-order valence-electron chi connectivity index (χ3n) is 7.62. The first-order chi connectivity index (χ1) is 19.5. The van der Waals surface area contributed by atoms with Crippen LogP contribution < -0.4 is 4.74 Å². The first-order valence-electron chi connectivity index (χ1n) is 13.4. The fourth-order valence-corrected chi connectivity index (χ4v) is 5.80. The van der Waals surface area contributed by atoms with Gasteiger partial charge in [-0.1, -0.05) is 66.2 Å². The molecule has 0 aromatic heterocycles. The Balaban J connectivity index is 1.17. The van der Waals surface area contributed by atoms with Gasteiger partial charge in [-0.2, -0.15) is 0 Å². The van der Waals surface area contributed by atoms with Crippen molar-refractivity contribution in [2.24, 2.45) is 11.8 Å². The molecule has 0 bridgehead atoms. The molecule has 6 rings (SSSR count). The van der Waals surface area contributed by atoms with Gasteiger partial charge in [-0.05, 0) is 47.5 Å². The predicted molar refractivity (Wildman–Crippen MR) is 148 cm³/mol. The fourth-order valence-electron chi connectivity index (χ4n) is 5.62. The summed E-state index contributed by atoms with van der Waals surface area (Å²) in [6.07, 6.45) is 3.68. The molecule has 2 aliphatic heterocycles. The highest BCUT2D eigenvalue weighted by Crippen LogP contribution is 2.44. The molecule has 3 aliphatic rings. The van der Waals surface area contributed by atoms with Crippen molar-refractivity contribution in [1.29, 1.82) is 0 Å². The van der Waals surface area contributed by atoms with Crippen LogP contribution in [-0.2, 0) is 23.7 Å². The van der Waals surface area contributed by atoms with Crippen molar-refractivity contribution in [3.05, 3.63) is 102 Å². The molecule has 7 nitrogen and oxygen atoms in total. The van der Waals surface area contributed by atoms with Gasteiger partial charge in [0, 0.05) is 23.3 Å². The van der Waals surface area contributed by atoms with Crippen LogP contribution in [0.15, 0.2) is 91.0 Å². The smallest absolute Gasteiger partial charge is 0.338 e. The Morgan fingerprint density at radius 3 is 2.48 bits per heavy atom. The highest BCUT2D eigenvalue weighted by atomic mass is 35.5. The summed E-state index contributed by atoms with van der Waals surface area (Å²) < 4.78 is 29.4. The number of rotatable bonds is 8.